The van der Waals surface area contributed by atoms with E-state index in [1.165, 1.54) is 0 Å². The Morgan fingerprint density at radius 1 is 1.40 bits per heavy atom. The molecule has 106 valence electrons. The summed E-state index contributed by atoms with van der Waals surface area (Å²) in [6, 6.07) is 5.67. The van der Waals surface area contributed by atoms with Gasteiger partial charge in [0.2, 0.25) is 11.7 Å². The third-order valence-electron chi connectivity index (χ3n) is 3.00. The van der Waals surface area contributed by atoms with E-state index >= 15 is 0 Å². The molecule has 0 aliphatic carbocycles. The van der Waals surface area contributed by atoms with Gasteiger partial charge in [-0.05, 0) is 37.1 Å². The lowest BCUT2D eigenvalue weighted by Crippen LogP contribution is -2.01. The lowest BCUT2D eigenvalue weighted by atomic mass is 10.1. The molecule has 1 aromatic heterocycles. The number of rotatable bonds is 6. The van der Waals surface area contributed by atoms with E-state index in [2.05, 4.69) is 10.1 Å². The van der Waals surface area contributed by atoms with Crippen LogP contribution in [-0.2, 0) is 11.2 Å². The molecule has 0 spiro atoms. The molecule has 0 bridgehead atoms. The molecule has 1 aromatic carbocycles. The summed E-state index contributed by atoms with van der Waals surface area (Å²) in [5, 5.41) is 3.92. The van der Waals surface area contributed by atoms with Crippen LogP contribution >= 0.6 is 0 Å². The highest BCUT2D eigenvalue weighted by Crippen LogP contribution is 2.24. The Morgan fingerprint density at radius 3 is 2.85 bits per heavy atom. The lowest BCUT2D eigenvalue weighted by molar-refractivity contribution is -0.118. The molecule has 0 aliphatic heterocycles. The van der Waals surface area contributed by atoms with Gasteiger partial charge in [-0.1, -0.05) is 12.1 Å². The number of nitrogens with zero attached hydrogens (tertiary/aromatic N) is 2. The zero-order chi connectivity index (χ0) is 14.5. The van der Waals surface area contributed by atoms with Crippen molar-refractivity contribution >= 4 is 5.78 Å². The SMILES string of the molecule is CCCC(=O)Cc1nc(-c2ccc(OC)c(C)c2)no1. The molecule has 0 aliphatic rings. The molecule has 5 nitrogen and oxygen atoms in total. The van der Waals surface area contributed by atoms with Crippen molar-refractivity contribution in [3.05, 3.63) is 29.7 Å². The van der Waals surface area contributed by atoms with Gasteiger partial charge < -0.3 is 9.26 Å². The second kappa shape index (κ2) is 6.32. The Labute approximate surface area is 118 Å². The minimum Gasteiger partial charge on any atom is -0.496 e. The van der Waals surface area contributed by atoms with Crippen LogP contribution < -0.4 is 4.74 Å². The molecule has 0 fully saturated rings. The number of hydrogen-bond donors (Lipinski definition) is 0. The summed E-state index contributed by atoms with van der Waals surface area (Å²) in [6.07, 6.45) is 1.58. The number of benzene rings is 1. The molecule has 0 saturated carbocycles. The first-order valence-electron chi connectivity index (χ1n) is 6.63. The van der Waals surface area contributed by atoms with Gasteiger partial charge in [0, 0.05) is 12.0 Å². The number of carbonyl (C=O) groups is 1. The molecule has 2 rings (SSSR count). The van der Waals surface area contributed by atoms with Gasteiger partial charge in [-0.3, -0.25) is 4.79 Å². The van der Waals surface area contributed by atoms with E-state index in [1.807, 2.05) is 32.0 Å². The summed E-state index contributed by atoms with van der Waals surface area (Å²) >= 11 is 0. The first-order chi connectivity index (χ1) is 9.63. The van der Waals surface area contributed by atoms with E-state index in [0.717, 1.165) is 23.3 Å². The fourth-order valence-electron chi connectivity index (χ4n) is 2.00. The molecule has 20 heavy (non-hydrogen) atoms. The summed E-state index contributed by atoms with van der Waals surface area (Å²) in [5.41, 5.74) is 1.85. The summed E-state index contributed by atoms with van der Waals surface area (Å²) in [7, 11) is 1.63. The van der Waals surface area contributed by atoms with Crippen molar-refractivity contribution in [3.8, 4) is 17.1 Å². The third-order valence-corrected chi connectivity index (χ3v) is 3.00. The number of ketones is 1. The lowest BCUT2D eigenvalue weighted by Gasteiger charge is -2.04. The zero-order valence-corrected chi connectivity index (χ0v) is 12.0. The number of Topliss-reactive ketones (excluding diaryl/α,β-unsaturated/α-hetero) is 1. The van der Waals surface area contributed by atoms with Crippen LogP contribution in [0.5, 0.6) is 5.75 Å². The van der Waals surface area contributed by atoms with Gasteiger partial charge in [-0.2, -0.15) is 4.98 Å². The Balaban J connectivity index is 2.16. The van der Waals surface area contributed by atoms with Crippen molar-refractivity contribution in [1.29, 1.82) is 0 Å². The van der Waals surface area contributed by atoms with Gasteiger partial charge in [-0.15, -0.1) is 0 Å². The molecule has 5 heteroatoms. The van der Waals surface area contributed by atoms with Crippen molar-refractivity contribution in [2.75, 3.05) is 7.11 Å². The van der Waals surface area contributed by atoms with Crippen LogP contribution in [0.1, 0.15) is 31.2 Å². The van der Waals surface area contributed by atoms with Crippen molar-refractivity contribution in [2.45, 2.75) is 33.1 Å². The van der Waals surface area contributed by atoms with Gasteiger partial charge in [-0.25, -0.2) is 0 Å². The smallest absolute Gasteiger partial charge is 0.234 e. The van der Waals surface area contributed by atoms with E-state index in [9.17, 15) is 4.79 Å². The van der Waals surface area contributed by atoms with Gasteiger partial charge >= 0.3 is 0 Å². The van der Waals surface area contributed by atoms with Gasteiger partial charge in [0.15, 0.2) is 0 Å². The molecule has 2 aromatic rings. The second-order valence-corrected chi connectivity index (χ2v) is 4.66. The standard InChI is InChI=1S/C15H18N2O3/c1-4-5-12(18)9-14-16-15(17-20-14)11-6-7-13(19-3)10(2)8-11/h6-8H,4-5,9H2,1-3H3. The molecular formula is C15H18N2O3. The van der Waals surface area contributed by atoms with Crippen LogP contribution in [0.25, 0.3) is 11.4 Å². The normalized spacial score (nSPS) is 10.6. The van der Waals surface area contributed by atoms with E-state index < -0.39 is 0 Å². The molecular weight excluding hydrogens is 256 g/mol. The highest BCUT2D eigenvalue weighted by molar-refractivity contribution is 5.79. The molecule has 0 atom stereocenters. The topological polar surface area (TPSA) is 65.2 Å². The van der Waals surface area contributed by atoms with Crippen LogP contribution in [0.4, 0.5) is 0 Å². The summed E-state index contributed by atoms with van der Waals surface area (Å²) < 4.78 is 10.3. The quantitative estimate of drug-likeness (QED) is 0.810. The Kier molecular flexibility index (Phi) is 4.50. The number of hydrogen-bond acceptors (Lipinski definition) is 5. The van der Waals surface area contributed by atoms with Gasteiger partial charge in [0.1, 0.15) is 11.5 Å². The number of aryl methyl sites for hydroxylation is 1. The van der Waals surface area contributed by atoms with Crippen LogP contribution in [0, 0.1) is 6.92 Å². The maximum absolute atomic E-state index is 11.6. The van der Waals surface area contributed by atoms with E-state index in [-0.39, 0.29) is 12.2 Å². The van der Waals surface area contributed by atoms with Crippen LogP contribution in [0.15, 0.2) is 22.7 Å². The molecule has 0 amide bonds. The number of carbonyl (C=O) groups excluding carboxylic acids is 1. The minimum absolute atomic E-state index is 0.119. The summed E-state index contributed by atoms with van der Waals surface area (Å²) in [6.45, 7) is 3.92. The average Bonchev–Trinajstić information content (AvgIpc) is 2.87. The molecule has 0 radical (unpaired) electrons. The fraction of sp³-hybridized carbons (Fsp3) is 0.400. The molecule has 0 unspecified atom stereocenters. The largest absolute Gasteiger partial charge is 0.496 e. The Hall–Kier alpha value is -2.17. The first kappa shape index (κ1) is 14.2. The fourth-order valence-corrected chi connectivity index (χ4v) is 2.00. The first-order valence-corrected chi connectivity index (χ1v) is 6.63. The molecule has 1 heterocycles. The number of methoxy groups -OCH3 is 1. The highest BCUT2D eigenvalue weighted by atomic mass is 16.5. The maximum atomic E-state index is 11.6. The second-order valence-electron chi connectivity index (χ2n) is 4.66. The van der Waals surface area contributed by atoms with Crippen molar-refractivity contribution in [1.82, 2.24) is 10.1 Å². The number of aromatic nitrogens is 2. The summed E-state index contributed by atoms with van der Waals surface area (Å²) in [5.74, 6) is 1.80. The maximum Gasteiger partial charge on any atom is 0.234 e. The third kappa shape index (κ3) is 3.23. The van der Waals surface area contributed by atoms with E-state index in [1.54, 1.807) is 7.11 Å². The number of ether oxygens (including phenoxy) is 1. The minimum atomic E-state index is 0.119. The monoisotopic (exact) mass is 274 g/mol. The summed E-state index contributed by atoms with van der Waals surface area (Å²) in [4.78, 5) is 15.8. The van der Waals surface area contributed by atoms with Crippen LogP contribution in [-0.4, -0.2) is 23.0 Å². The van der Waals surface area contributed by atoms with Gasteiger partial charge in [0.25, 0.3) is 0 Å². The van der Waals surface area contributed by atoms with Gasteiger partial charge in [0.05, 0.1) is 13.5 Å². The predicted octanol–water partition coefficient (Wildman–Crippen LogP) is 2.97. The van der Waals surface area contributed by atoms with Crippen LogP contribution in [0.2, 0.25) is 0 Å². The van der Waals surface area contributed by atoms with E-state index in [4.69, 9.17) is 9.26 Å². The molecule has 0 N–H and O–H groups in total. The van der Waals surface area contributed by atoms with E-state index in [0.29, 0.717) is 18.1 Å². The van der Waals surface area contributed by atoms with Crippen LogP contribution in [0.3, 0.4) is 0 Å². The van der Waals surface area contributed by atoms with Crippen molar-refractivity contribution in [2.24, 2.45) is 0 Å². The Bertz CT molecular complexity index is 605. The highest BCUT2D eigenvalue weighted by Gasteiger charge is 2.12. The van der Waals surface area contributed by atoms with Crippen molar-refractivity contribution < 1.29 is 14.1 Å². The Morgan fingerprint density at radius 2 is 2.20 bits per heavy atom. The van der Waals surface area contributed by atoms with Crippen molar-refractivity contribution in [3.63, 3.8) is 0 Å². The predicted molar refractivity (Wildman–Crippen MR) is 74.6 cm³/mol. The molecule has 0 saturated heterocycles. The zero-order valence-electron chi connectivity index (χ0n) is 12.0. The average molecular weight is 274 g/mol.